The van der Waals surface area contributed by atoms with Gasteiger partial charge in [-0.15, -0.1) is 0 Å². The summed E-state index contributed by atoms with van der Waals surface area (Å²) < 4.78 is 7.01. The topological polar surface area (TPSA) is 73.2 Å². The molecule has 3 aromatic rings. The molecule has 0 aliphatic carbocycles. The second-order valence-corrected chi connectivity index (χ2v) is 6.22. The number of anilines is 1. The normalized spacial score (nSPS) is 10.8. The summed E-state index contributed by atoms with van der Waals surface area (Å²) in [5.74, 6) is -0.0723. The number of halogens is 1. The molecule has 7 heteroatoms. The van der Waals surface area contributed by atoms with Gasteiger partial charge in [0.05, 0.1) is 18.2 Å². The molecule has 2 aromatic heterocycles. The van der Waals surface area contributed by atoms with Crippen molar-refractivity contribution in [1.29, 1.82) is 0 Å². The van der Waals surface area contributed by atoms with E-state index in [1.165, 1.54) is 13.3 Å². The van der Waals surface area contributed by atoms with Gasteiger partial charge >= 0.3 is 0 Å². The third-order valence-corrected chi connectivity index (χ3v) is 4.29. The van der Waals surface area contributed by atoms with E-state index in [1.54, 1.807) is 34.9 Å². The number of aromatic nitrogens is 2. The summed E-state index contributed by atoms with van der Waals surface area (Å²) in [5, 5.41) is 3.56. The number of pyridine rings is 2. The molecule has 0 atom stereocenters. The van der Waals surface area contributed by atoms with Gasteiger partial charge in [0.25, 0.3) is 5.91 Å². The van der Waals surface area contributed by atoms with E-state index in [0.717, 1.165) is 5.69 Å². The van der Waals surface area contributed by atoms with Crippen LogP contribution in [-0.2, 0) is 6.54 Å². The number of carbonyl (C=O) groups is 1. The predicted molar refractivity (Wildman–Crippen MR) is 102 cm³/mol. The molecule has 26 heavy (non-hydrogen) atoms. The first-order valence-electron chi connectivity index (χ1n) is 8.10. The molecule has 0 saturated carbocycles. The zero-order valence-electron chi connectivity index (χ0n) is 14.7. The van der Waals surface area contributed by atoms with Gasteiger partial charge in [0, 0.05) is 23.5 Å². The van der Waals surface area contributed by atoms with Gasteiger partial charge in [-0.25, -0.2) is 4.98 Å². The molecular formula is C19H18ClN3O3. The standard InChI is InChI=1S/C19H18ClN3O3/c1-4-23-10-14(17(24)13-7-5-11(2)21-18(13)23)19(25)22-15-9-12(20)6-8-16(15)26-3/h5-10H,4H2,1-3H3,(H,22,25). The number of hydrogen-bond donors (Lipinski definition) is 1. The Labute approximate surface area is 155 Å². The molecule has 134 valence electrons. The average Bonchev–Trinajstić information content (AvgIpc) is 2.62. The molecule has 0 saturated heterocycles. The Morgan fingerprint density at radius 3 is 2.77 bits per heavy atom. The lowest BCUT2D eigenvalue weighted by Crippen LogP contribution is -2.24. The summed E-state index contributed by atoms with van der Waals surface area (Å²) in [6.45, 7) is 4.36. The van der Waals surface area contributed by atoms with Crippen LogP contribution in [0.15, 0.2) is 41.3 Å². The smallest absolute Gasteiger partial charge is 0.261 e. The highest BCUT2D eigenvalue weighted by Gasteiger charge is 2.17. The maximum Gasteiger partial charge on any atom is 0.261 e. The predicted octanol–water partition coefficient (Wildman–Crippen LogP) is 3.64. The molecule has 1 amide bonds. The molecule has 2 heterocycles. The van der Waals surface area contributed by atoms with Crippen LogP contribution in [0.2, 0.25) is 5.02 Å². The van der Waals surface area contributed by atoms with E-state index in [1.807, 2.05) is 13.8 Å². The van der Waals surface area contributed by atoms with Crippen molar-refractivity contribution in [3.05, 3.63) is 63.0 Å². The lowest BCUT2D eigenvalue weighted by atomic mass is 10.1. The van der Waals surface area contributed by atoms with E-state index in [2.05, 4.69) is 10.3 Å². The Balaban J connectivity index is 2.09. The molecule has 1 N–H and O–H groups in total. The molecule has 6 nitrogen and oxygen atoms in total. The van der Waals surface area contributed by atoms with Gasteiger partial charge < -0.3 is 14.6 Å². The van der Waals surface area contributed by atoms with E-state index >= 15 is 0 Å². The highest BCUT2D eigenvalue weighted by molar-refractivity contribution is 6.31. The number of hydrogen-bond acceptors (Lipinski definition) is 4. The quantitative estimate of drug-likeness (QED) is 0.759. The second-order valence-electron chi connectivity index (χ2n) is 5.78. The lowest BCUT2D eigenvalue weighted by molar-refractivity contribution is 0.102. The van der Waals surface area contributed by atoms with Crippen molar-refractivity contribution in [3.8, 4) is 5.75 Å². The van der Waals surface area contributed by atoms with Crippen molar-refractivity contribution in [3.63, 3.8) is 0 Å². The van der Waals surface area contributed by atoms with Gasteiger partial charge in [0.1, 0.15) is 17.0 Å². The second kappa shape index (κ2) is 7.17. The molecule has 0 fully saturated rings. The van der Waals surface area contributed by atoms with Crippen molar-refractivity contribution in [2.75, 3.05) is 12.4 Å². The van der Waals surface area contributed by atoms with Gasteiger partial charge in [0.15, 0.2) is 0 Å². The fourth-order valence-corrected chi connectivity index (χ4v) is 2.90. The van der Waals surface area contributed by atoms with Crippen LogP contribution in [-0.4, -0.2) is 22.6 Å². The lowest BCUT2D eigenvalue weighted by Gasteiger charge is -2.13. The first-order chi connectivity index (χ1) is 12.4. The number of fused-ring (bicyclic) bond motifs is 1. The molecule has 1 aromatic carbocycles. The molecule has 0 aliphatic heterocycles. The Hall–Kier alpha value is -2.86. The van der Waals surface area contributed by atoms with E-state index in [0.29, 0.717) is 34.0 Å². The van der Waals surface area contributed by atoms with Crippen LogP contribution in [0, 0.1) is 6.92 Å². The van der Waals surface area contributed by atoms with Crippen molar-refractivity contribution in [2.45, 2.75) is 20.4 Å². The third-order valence-electron chi connectivity index (χ3n) is 4.06. The van der Waals surface area contributed by atoms with Crippen LogP contribution in [0.3, 0.4) is 0 Å². The first kappa shape index (κ1) is 17.9. The molecule has 3 rings (SSSR count). The molecule has 0 unspecified atom stereocenters. The summed E-state index contributed by atoms with van der Waals surface area (Å²) in [6.07, 6.45) is 1.53. The van der Waals surface area contributed by atoms with Crippen LogP contribution in [0.4, 0.5) is 5.69 Å². The fraction of sp³-hybridized carbons (Fsp3) is 0.211. The number of nitrogens with zero attached hydrogens (tertiary/aromatic N) is 2. The number of aryl methyl sites for hydroxylation is 2. The number of methoxy groups -OCH3 is 1. The van der Waals surface area contributed by atoms with Crippen LogP contribution in [0.1, 0.15) is 23.0 Å². The Bertz CT molecular complexity index is 1060. The van der Waals surface area contributed by atoms with E-state index in [9.17, 15) is 9.59 Å². The monoisotopic (exact) mass is 371 g/mol. The zero-order chi connectivity index (χ0) is 18.8. The van der Waals surface area contributed by atoms with Gasteiger partial charge in [-0.2, -0.15) is 0 Å². The number of nitrogens with one attached hydrogen (secondary N) is 1. The van der Waals surface area contributed by atoms with Gasteiger partial charge in [0.2, 0.25) is 5.43 Å². The summed E-state index contributed by atoms with van der Waals surface area (Å²) in [5.41, 5.74) is 1.44. The van der Waals surface area contributed by atoms with E-state index in [-0.39, 0.29) is 11.0 Å². The van der Waals surface area contributed by atoms with E-state index in [4.69, 9.17) is 16.3 Å². The minimum Gasteiger partial charge on any atom is -0.495 e. The Morgan fingerprint density at radius 1 is 1.31 bits per heavy atom. The van der Waals surface area contributed by atoms with Crippen LogP contribution >= 0.6 is 11.6 Å². The number of amides is 1. The van der Waals surface area contributed by atoms with Crippen molar-refractivity contribution >= 4 is 34.2 Å². The SMILES string of the molecule is CCn1cc(C(=O)Nc2cc(Cl)ccc2OC)c(=O)c2ccc(C)nc21. The number of rotatable bonds is 4. The number of ether oxygens (including phenoxy) is 1. The van der Waals surface area contributed by atoms with Crippen molar-refractivity contribution in [2.24, 2.45) is 0 Å². The highest BCUT2D eigenvalue weighted by Crippen LogP contribution is 2.28. The Morgan fingerprint density at radius 2 is 2.08 bits per heavy atom. The molecule has 0 aliphatic rings. The molecule has 0 bridgehead atoms. The maximum absolute atomic E-state index is 12.8. The summed E-state index contributed by atoms with van der Waals surface area (Å²) in [6, 6.07) is 8.33. The highest BCUT2D eigenvalue weighted by atomic mass is 35.5. The largest absolute Gasteiger partial charge is 0.495 e. The number of benzene rings is 1. The van der Waals surface area contributed by atoms with E-state index < -0.39 is 5.91 Å². The third kappa shape index (κ3) is 3.28. The summed E-state index contributed by atoms with van der Waals surface area (Å²) in [4.78, 5) is 30.0. The summed E-state index contributed by atoms with van der Waals surface area (Å²) >= 11 is 5.99. The van der Waals surface area contributed by atoms with Gasteiger partial charge in [-0.1, -0.05) is 11.6 Å². The van der Waals surface area contributed by atoms with Crippen molar-refractivity contribution in [1.82, 2.24) is 9.55 Å². The van der Waals surface area contributed by atoms with Gasteiger partial charge in [-0.3, -0.25) is 9.59 Å². The van der Waals surface area contributed by atoms with Gasteiger partial charge in [-0.05, 0) is 44.2 Å². The fourth-order valence-electron chi connectivity index (χ4n) is 2.73. The maximum atomic E-state index is 12.8. The molecule has 0 spiro atoms. The minimum absolute atomic E-state index is 0.0343. The molecular weight excluding hydrogens is 354 g/mol. The van der Waals surface area contributed by atoms with Crippen molar-refractivity contribution < 1.29 is 9.53 Å². The van der Waals surface area contributed by atoms with Crippen LogP contribution in [0.25, 0.3) is 11.0 Å². The van der Waals surface area contributed by atoms with Crippen LogP contribution < -0.4 is 15.5 Å². The average molecular weight is 372 g/mol. The summed E-state index contributed by atoms with van der Waals surface area (Å²) in [7, 11) is 1.49. The Kier molecular flexibility index (Phi) is 4.95. The number of carbonyl (C=O) groups excluding carboxylic acids is 1. The minimum atomic E-state index is -0.528. The first-order valence-corrected chi connectivity index (χ1v) is 8.48. The zero-order valence-corrected chi connectivity index (χ0v) is 15.4. The molecule has 0 radical (unpaired) electrons. The van der Waals surface area contributed by atoms with Crippen LogP contribution in [0.5, 0.6) is 5.75 Å².